The van der Waals surface area contributed by atoms with E-state index in [1.54, 1.807) is 12.1 Å². The van der Waals surface area contributed by atoms with Gasteiger partial charge in [-0.2, -0.15) is 9.57 Å². The maximum absolute atomic E-state index is 12.4. The Morgan fingerprint density at radius 1 is 1.20 bits per heavy atom. The number of nitriles is 1. The first-order valence-corrected chi connectivity index (χ1v) is 8.16. The molecule has 0 aliphatic carbocycles. The summed E-state index contributed by atoms with van der Waals surface area (Å²) in [6.07, 6.45) is 0. The third kappa shape index (κ3) is 3.13. The first kappa shape index (κ1) is 15.3. The van der Waals surface area contributed by atoms with Crippen LogP contribution in [-0.2, 0) is 10.0 Å². The van der Waals surface area contributed by atoms with Gasteiger partial charge < -0.3 is 0 Å². The summed E-state index contributed by atoms with van der Waals surface area (Å²) in [5.74, 6) is 0. The molecule has 1 aromatic rings. The molecule has 1 aliphatic heterocycles. The molecule has 0 bridgehead atoms. The Hall–Kier alpha value is -1.13. The van der Waals surface area contributed by atoms with E-state index in [1.165, 1.54) is 16.4 Å². The molecule has 0 amide bonds. The van der Waals surface area contributed by atoms with Crippen LogP contribution in [0.2, 0.25) is 5.02 Å². The topological polar surface area (TPSA) is 64.4 Å². The highest BCUT2D eigenvalue weighted by Crippen LogP contribution is 2.20. The van der Waals surface area contributed by atoms with Gasteiger partial charge in [0.15, 0.2) is 0 Å². The van der Waals surface area contributed by atoms with Crippen LogP contribution in [0.4, 0.5) is 0 Å². The molecule has 0 unspecified atom stereocenters. The van der Waals surface area contributed by atoms with Crippen molar-refractivity contribution >= 4 is 21.6 Å². The highest BCUT2D eigenvalue weighted by Gasteiger charge is 2.29. The predicted octanol–water partition coefficient (Wildman–Crippen LogP) is 1.56. The van der Waals surface area contributed by atoms with Crippen molar-refractivity contribution in [2.24, 2.45) is 0 Å². The summed E-state index contributed by atoms with van der Waals surface area (Å²) in [7, 11) is -3.47. The fourth-order valence-electron chi connectivity index (χ4n) is 2.17. The van der Waals surface area contributed by atoms with Crippen molar-refractivity contribution in [3.8, 4) is 6.07 Å². The van der Waals surface area contributed by atoms with Gasteiger partial charge in [-0.3, -0.25) is 4.90 Å². The summed E-state index contributed by atoms with van der Waals surface area (Å²) in [6.45, 7) is 3.76. The molecule has 0 saturated carbocycles. The van der Waals surface area contributed by atoms with Gasteiger partial charge in [-0.25, -0.2) is 8.42 Å². The van der Waals surface area contributed by atoms with Gasteiger partial charge in [-0.15, -0.1) is 0 Å². The molecule has 2 rings (SSSR count). The molecule has 108 valence electrons. The molecular weight excluding hydrogens is 298 g/mol. The van der Waals surface area contributed by atoms with Crippen molar-refractivity contribution in [1.29, 1.82) is 5.26 Å². The van der Waals surface area contributed by atoms with Gasteiger partial charge in [-0.05, 0) is 31.2 Å². The summed E-state index contributed by atoms with van der Waals surface area (Å²) >= 11 is 5.77. The average Bonchev–Trinajstić information content (AvgIpc) is 2.47. The Kier molecular flexibility index (Phi) is 4.66. The molecule has 0 spiro atoms. The first-order valence-electron chi connectivity index (χ1n) is 6.34. The number of nitrogens with zero attached hydrogens (tertiary/aromatic N) is 3. The van der Waals surface area contributed by atoms with Crippen molar-refractivity contribution in [3.05, 3.63) is 29.3 Å². The smallest absolute Gasteiger partial charge is 0.243 e. The fraction of sp³-hybridized carbons (Fsp3) is 0.462. The minimum absolute atomic E-state index is 0.185. The Balaban J connectivity index is 2.10. The van der Waals surface area contributed by atoms with Crippen molar-refractivity contribution < 1.29 is 8.42 Å². The monoisotopic (exact) mass is 313 g/mol. The van der Waals surface area contributed by atoms with Crippen molar-refractivity contribution in [1.82, 2.24) is 9.21 Å². The zero-order valence-electron chi connectivity index (χ0n) is 11.2. The summed E-state index contributed by atoms with van der Waals surface area (Å²) in [6, 6.07) is 8.16. The van der Waals surface area contributed by atoms with Crippen LogP contribution in [0, 0.1) is 11.3 Å². The largest absolute Gasteiger partial charge is 0.286 e. The van der Waals surface area contributed by atoms with E-state index in [2.05, 4.69) is 6.07 Å². The Morgan fingerprint density at radius 3 is 2.25 bits per heavy atom. The second-order valence-corrected chi connectivity index (χ2v) is 7.07. The van der Waals surface area contributed by atoms with Crippen LogP contribution < -0.4 is 0 Å². The van der Waals surface area contributed by atoms with E-state index in [0.717, 1.165) is 0 Å². The minimum Gasteiger partial charge on any atom is -0.286 e. The molecule has 0 N–H and O–H groups in total. The molecule has 1 atom stereocenters. The molecule has 1 saturated heterocycles. The van der Waals surface area contributed by atoms with Gasteiger partial charge in [0.1, 0.15) is 0 Å². The number of sulfonamides is 1. The van der Waals surface area contributed by atoms with E-state index in [4.69, 9.17) is 16.9 Å². The predicted molar refractivity (Wildman–Crippen MR) is 76.9 cm³/mol. The van der Waals surface area contributed by atoms with Crippen LogP contribution in [0.5, 0.6) is 0 Å². The fourth-order valence-corrected chi connectivity index (χ4v) is 3.72. The normalized spacial score (nSPS) is 19.4. The Morgan fingerprint density at radius 2 is 1.75 bits per heavy atom. The molecule has 5 nitrogen and oxygen atoms in total. The molecule has 7 heteroatoms. The van der Waals surface area contributed by atoms with Crippen molar-refractivity contribution in [2.75, 3.05) is 26.2 Å². The average molecular weight is 314 g/mol. The molecule has 0 radical (unpaired) electrons. The second kappa shape index (κ2) is 6.10. The van der Waals surface area contributed by atoms with Crippen LogP contribution in [0.25, 0.3) is 0 Å². The molecule has 0 aromatic heterocycles. The van der Waals surface area contributed by atoms with Gasteiger partial charge in [0.05, 0.1) is 17.0 Å². The molecular formula is C13H16ClN3O2S. The summed E-state index contributed by atoms with van der Waals surface area (Å²) in [5.41, 5.74) is 0. The maximum Gasteiger partial charge on any atom is 0.243 e. The van der Waals surface area contributed by atoms with Gasteiger partial charge >= 0.3 is 0 Å². The lowest BCUT2D eigenvalue weighted by Gasteiger charge is -2.35. The zero-order chi connectivity index (χ0) is 14.8. The number of hydrogen-bond acceptors (Lipinski definition) is 4. The van der Waals surface area contributed by atoms with Crippen molar-refractivity contribution in [3.63, 3.8) is 0 Å². The van der Waals surface area contributed by atoms with Crippen molar-refractivity contribution in [2.45, 2.75) is 17.9 Å². The molecule has 1 aromatic carbocycles. The lowest BCUT2D eigenvalue weighted by molar-refractivity contribution is 0.169. The van der Waals surface area contributed by atoms with E-state index in [1.807, 2.05) is 11.8 Å². The summed E-state index contributed by atoms with van der Waals surface area (Å²) in [5, 5.41) is 9.39. The van der Waals surface area contributed by atoms with E-state index in [0.29, 0.717) is 31.2 Å². The van der Waals surface area contributed by atoms with E-state index in [9.17, 15) is 8.42 Å². The van der Waals surface area contributed by atoms with E-state index < -0.39 is 10.0 Å². The SMILES string of the molecule is C[C@H](C#N)N1CCN(S(=O)(=O)c2ccc(Cl)cc2)CC1. The lowest BCUT2D eigenvalue weighted by atomic mass is 10.2. The number of piperazine rings is 1. The van der Waals surface area contributed by atoms with Crippen LogP contribution >= 0.6 is 11.6 Å². The van der Waals surface area contributed by atoms with Crippen LogP contribution in [0.1, 0.15) is 6.92 Å². The van der Waals surface area contributed by atoms with Gasteiger partial charge in [-0.1, -0.05) is 11.6 Å². The van der Waals surface area contributed by atoms with E-state index >= 15 is 0 Å². The van der Waals surface area contributed by atoms with Gasteiger partial charge in [0.2, 0.25) is 10.0 Å². The zero-order valence-corrected chi connectivity index (χ0v) is 12.7. The lowest BCUT2D eigenvalue weighted by Crippen LogP contribution is -2.50. The summed E-state index contributed by atoms with van der Waals surface area (Å²) < 4.78 is 26.3. The highest BCUT2D eigenvalue weighted by atomic mass is 35.5. The molecule has 20 heavy (non-hydrogen) atoms. The Labute approximate surface area is 124 Å². The number of rotatable bonds is 3. The van der Waals surface area contributed by atoms with Gasteiger partial charge in [0, 0.05) is 31.2 Å². The number of hydrogen-bond donors (Lipinski definition) is 0. The molecule has 1 fully saturated rings. The van der Waals surface area contributed by atoms with Crippen LogP contribution in [0.3, 0.4) is 0 Å². The molecule has 1 aliphatic rings. The molecule has 1 heterocycles. The van der Waals surface area contributed by atoms with Crippen LogP contribution in [-0.4, -0.2) is 49.8 Å². The standard InChI is InChI=1S/C13H16ClN3O2S/c1-11(10-15)16-6-8-17(9-7-16)20(18,19)13-4-2-12(14)3-5-13/h2-5,11H,6-9H2,1H3/t11-/m1/s1. The minimum atomic E-state index is -3.47. The third-order valence-corrected chi connectivity index (χ3v) is 5.62. The Bertz CT molecular complexity index is 601. The van der Waals surface area contributed by atoms with Gasteiger partial charge in [0.25, 0.3) is 0 Å². The highest BCUT2D eigenvalue weighted by molar-refractivity contribution is 7.89. The van der Waals surface area contributed by atoms with Crippen LogP contribution in [0.15, 0.2) is 29.2 Å². The van der Waals surface area contributed by atoms with E-state index in [-0.39, 0.29) is 10.9 Å². The number of halogens is 1. The third-order valence-electron chi connectivity index (χ3n) is 3.46. The number of benzene rings is 1. The first-order chi connectivity index (χ1) is 9.45. The maximum atomic E-state index is 12.4. The quantitative estimate of drug-likeness (QED) is 0.849. The second-order valence-electron chi connectivity index (χ2n) is 4.70. The summed E-state index contributed by atoms with van der Waals surface area (Å²) in [4.78, 5) is 2.23.